The van der Waals surface area contributed by atoms with Crippen molar-refractivity contribution < 1.29 is 19.5 Å². The molecule has 102 valence electrons. The number of carboxylic acid groups (broad SMARTS) is 1. The molecule has 1 rings (SSSR count). The van der Waals surface area contributed by atoms with Gasteiger partial charge < -0.3 is 15.7 Å². The maximum atomic E-state index is 11.6. The highest BCUT2D eigenvalue weighted by molar-refractivity contribution is 5.95. The third kappa shape index (κ3) is 4.70. The molecule has 19 heavy (non-hydrogen) atoms. The van der Waals surface area contributed by atoms with Gasteiger partial charge >= 0.3 is 5.97 Å². The predicted molar refractivity (Wildman–Crippen MR) is 64.6 cm³/mol. The van der Waals surface area contributed by atoms with E-state index in [1.54, 1.807) is 13.8 Å². The van der Waals surface area contributed by atoms with Crippen LogP contribution in [0, 0.1) is 0 Å². The molecule has 1 aromatic rings. The second kappa shape index (κ2) is 6.43. The molecular formula is C11H14N4O4. The molecule has 0 aliphatic carbocycles. The molecule has 3 N–H and O–H groups in total. The van der Waals surface area contributed by atoms with Crippen molar-refractivity contribution in [3.63, 3.8) is 0 Å². The molecule has 0 spiro atoms. The van der Waals surface area contributed by atoms with E-state index in [-0.39, 0.29) is 29.9 Å². The lowest BCUT2D eigenvalue weighted by molar-refractivity contribution is -0.120. The minimum atomic E-state index is -1.23. The third-order valence-corrected chi connectivity index (χ3v) is 1.96. The molecule has 1 aromatic heterocycles. The Balaban J connectivity index is 2.54. The van der Waals surface area contributed by atoms with E-state index in [0.29, 0.717) is 0 Å². The fourth-order valence-corrected chi connectivity index (χ4v) is 1.18. The first kappa shape index (κ1) is 14.6. The molecule has 0 unspecified atom stereocenters. The minimum absolute atomic E-state index is 0.0148. The molecule has 0 radical (unpaired) electrons. The lowest BCUT2D eigenvalue weighted by Crippen LogP contribution is -2.40. The normalized spacial score (nSPS) is 10.1. The number of aromatic carboxylic acids is 1. The molecule has 0 atom stereocenters. The monoisotopic (exact) mass is 266 g/mol. The average molecular weight is 266 g/mol. The Kier molecular flexibility index (Phi) is 4.92. The Bertz CT molecular complexity index is 484. The van der Waals surface area contributed by atoms with Gasteiger partial charge in [-0.15, -0.1) is 0 Å². The van der Waals surface area contributed by atoms with E-state index >= 15 is 0 Å². The van der Waals surface area contributed by atoms with Crippen LogP contribution in [0.1, 0.15) is 34.8 Å². The van der Waals surface area contributed by atoms with Crippen LogP contribution < -0.4 is 10.6 Å². The second-order valence-electron chi connectivity index (χ2n) is 4.00. The summed E-state index contributed by atoms with van der Waals surface area (Å²) in [5.74, 6) is -2.14. The molecule has 2 amide bonds. The Morgan fingerprint density at radius 1 is 1.21 bits per heavy atom. The van der Waals surface area contributed by atoms with Gasteiger partial charge in [-0.1, -0.05) is 0 Å². The number of hydrogen-bond donors (Lipinski definition) is 3. The predicted octanol–water partition coefficient (Wildman–Crippen LogP) is -0.571. The van der Waals surface area contributed by atoms with Gasteiger partial charge in [-0.25, -0.2) is 14.8 Å². The second-order valence-corrected chi connectivity index (χ2v) is 4.00. The molecule has 0 aromatic carbocycles. The number of carbonyl (C=O) groups excluding carboxylic acids is 2. The summed E-state index contributed by atoms with van der Waals surface area (Å²) in [6, 6.07) is -0.0148. The first-order valence-electron chi connectivity index (χ1n) is 5.53. The standard InChI is InChI=1S/C11H14N4O4/c1-6(2)15-9(16)5-14-10(17)7-3-13-8(4-12-7)11(18)19/h3-4,6H,5H2,1-2H3,(H,14,17)(H,15,16)(H,18,19). The largest absolute Gasteiger partial charge is 0.476 e. The Morgan fingerprint density at radius 2 is 1.79 bits per heavy atom. The number of rotatable bonds is 5. The summed E-state index contributed by atoms with van der Waals surface area (Å²) in [4.78, 5) is 40.6. The van der Waals surface area contributed by atoms with Crippen LogP contribution in [0.25, 0.3) is 0 Å². The van der Waals surface area contributed by atoms with Crippen LogP contribution in [0.15, 0.2) is 12.4 Å². The number of carboxylic acids is 1. The van der Waals surface area contributed by atoms with E-state index in [0.717, 1.165) is 12.4 Å². The molecule has 8 nitrogen and oxygen atoms in total. The number of carbonyl (C=O) groups is 3. The van der Waals surface area contributed by atoms with Gasteiger partial charge in [-0.2, -0.15) is 0 Å². The van der Waals surface area contributed by atoms with E-state index in [1.807, 2.05) is 0 Å². The minimum Gasteiger partial charge on any atom is -0.476 e. The molecule has 0 saturated carbocycles. The molecule has 8 heteroatoms. The Morgan fingerprint density at radius 3 is 2.26 bits per heavy atom. The van der Waals surface area contributed by atoms with Gasteiger partial charge in [0.25, 0.3) is 5.91 Å². The van der Waals surface area contributed by atoms with Crippen molar-refractivity contribution in [1.29, 1.82) is 0 Å². The van der Waals surface area contributed by atoms with Gasteiger partial charge in [0, 0.05) is 6.04 Å². The van der Waals surface area contributed by atoms with Crippen molar-refractivity contribution in [3.8, 4) is 0 Å². The number of nitrogens with zero attached hydrogens (tertiary/aromatic N) is 2. The smallest absolute Gasteiger partial charge is 0.356 e. The molecular weight excluding hydrogens is 252 g/mol. The molecule has 0 aliphatic heterocycles. The zero-order valence-electron chi connectivity index (χ0n) is 10.5. The van der Waals surface area contributed by atoms with Crippen molar-refractivity contribution in [2.75, 3.05) is 6.54 Å². The summed E-state index contributed by atoms with van der Waals surface area (Å²) in [7, 11) is 0. The van der Waals surface area contributed by atoms with Crippen LogP contribution in [0.3, 0.4) is 0 Å². The SMILES string of the molecule is CC(C)NC(=O)CNC(=O)c1cnc(C(=O)O)cn1. The number of amides is 2. The molecule has 0 saturated heterocycles. The summed E-state index contributed by atoms with van der Waals surface area (Å²) in [5, 5.41) is 13.6. The third-order valence-electron chi connectivity index (χ3n) is 1.96. The van der Waals surface area contributed by atoms with Gasteiger partial charge in [0.1, 0.15) is 5.69 Å². The molecule has 0 fully saturated rings. The summed E-state index contributed by atoms with van der Waals surface area (Å²) >= 11 is 0. The Labute approximate surface area is 109 Å². The van der Waals surface area contributed by atoms with E-state index in [9.17, 15) is 14.4 Å². The summed E-state index contributed by atoms with van der Waals surface area (Å²) in [6.45, 7) is 3.42. The van der Waals surface area contributed by atoms with Crippen LogP contribution in [0.2, 0.25) is 0 Å². The topological polar surface area (TPSA) is 121 Å². The van der Waals surface area contributed by atoms with E-state index < -0.39 is 11.9 Å². The molecule has 0 bridgehead atoms. The van der Waals surface area contributed by atoms with Crippen molar-refractivity contribution in [3.05, 3.63) is 23.8 Å². The molecule has 1 heterocycles. The van der Waals surface area contributed by atoms with Crippen LogP contribution in [-0.4, -0.2) is 45.4 Å². The van der Waals surface area contributed by atoms with Crippen molar-refractivity contribution in [1.82, 2.24) is 20.6 Å². The quantitative estimate of drug-likeness (QED) is 0.656. The number of nitrogens with one attached hydrogen (secondary N) is 2. The number of aromatic nitrogens is 2. The first-order chi connectivity index (χ1) is 8.90. The maximum Gasteiger partial charge on any atom is 0.356 e. The van der Waals surface area contributed by atoms with Crippen LogP contribution in [0.4, 0.5) is 0 Å². The number of hydrogen-bond acceptors (Lipinski definition) is 5. The molecule has 0 aliphatic rings. The highest BCUT2D eigenvalue weighted by Crippen LogP contribution is 1.95. The van der Waals surface area contributed by atoms with Crippen molar-refractivity contribution in [2.45, 2.75) is 19.9 Å². The fourth-order valence-electron chi connectivity index (χ4n) is 1.18. The lowest BCUT2D eigenvalue weighted by atomic mass is 10.3. The van der Waals surface area contributed by atoms with Crippen LogP contribution in [-0.2, 0) is 4.79 Å². The Hall–Kier alpha value is -2.51. The van der Waals surface area contributed by atoms with Gasteiger partial charge in [0.05, 0.1) is 18.9 Å². The van der Waals surface area contributed by atoms with Crippen LogP contribution >= 0.6 is 0 Å². The first-order valence-corrected chi connectivity index (χ1v) is 5.53. The lowest BCUT2D eigenvalue weighted by Gasteiger charge is -2.08. The highest BCUT2D eigenvalue weighted by Gasteiger charge is 2.12. The van der Waals surface area contributed by atoms with Crippen molar-refractivity contribution >= 4 is 17.8 Å². The fraction of sp³-hybridized carbons (Fsp3) is 0.364. The van der Waals surface area contributed by atoms with Crippen LogP contribution in [0.5, 0.6) is 0 Å². The van der Waals surface area contributed by atoms with Crippen molar-refractivity contribution in [2.24, 2.45) is 0 Å². The van der Waals surface area contributed by atoms with E-state index in [2.05, 4.69) is 20.6 Å². The maximum absolute atomic E-state index is 11.6. The average Bonchev–Trinajstić information content (AvgIpc) is 2.35. The zero-order valence-corrected chi connectivity index (χ0v) is 10.5. The summed E-state index contributed by atoms with van der Waals surface area (Å²) in [6.07, 6.45) is 2.02. The summed E-state index contributed by atoms with van der Waals surface area (Å²) in [5.41, 5.74) is -0.309. The van der Waals surface area contributed by atoms with Gasteiger partial charge in [-0.05, 0) is 13.8 Å². The van der Waals surface area contributed by atoms with E-state index in [4.69, 9.17) is 5.11 Å². The van der Waals surface area contributed by atoms with Gasteiger partial charge in [-0.3, -0.25) is 9.59 Å². The highest BCUT2D eigenvalue weighted by atomic mass is 16.4. The van der Waals surface area contributed by atoms with E-state index in [1.165, 1.54) is 0 Å². The van der Waals surface area contributed by atoms with Gasteiger partial charge in [0.2, 0.25) is 5.91 Å². The van der Waals surface area contributed by atoms with Gasteiger partial charge in [0.15, 0.2) is 5.69 Å². The zero-order chi connectivity index (χ0) is 14.4. The summed E-state index contributed by atoms with van der Waals surface area (Å²) < 4.78 is 0.